The van der Waals surface area contributed by atoms with Crippen molar-refractivity contribution in [3.63, 3.8) is 0 Å². The van der Waals surface area contributed by atoms with E-state index in [1.165, 1.54) is 60.5 Å². The monoisotopic (exact) mass is 803 g/mol. The van der Waals surface area contributed by atoms with E-state index in [9.17, 15) is 0 Å². The summed E-state index contributed by atoms with van der Waals surface area (Å²) in [6.07, 6.45) is 4.95. The van der Waals surface area contributed by atoms with Gasteiger partial charge in [0.05, 0.1) is 0 Å². The molecule has 0 fully saturated rings. The summed E-state index contributed by atoms with van der Waals surface area (Å²) in [6.45, 7) is 15.2. The second-order valence-corrected chi connectivity index (χ2v) is 13.8. The van der Waals surface area contributed by atoms with E-state index >= 15 is 0 Å². The molecule has 2 aromatic heterocycles. The summed E-state index contributed by atoms with van der Waals surface area (Å²) >= 11 is 0. The zero-order valence-corrected chi connectivity index (χ0v) is 31.3. The van der Waals surface area contributed by atoms with Crippen LogP contribution >= 0.6 is 0 Å². The van der Waals surface area contributed by atoms with Crippen molar-refractivity contribution in [3.05, 3.63) is 155 Å². The van der Waals surface area contributed by atoms with E-state index in [1.54, 1.807) is 0 Å². The molecule has 0 amide bonds. The molecule has 0 spiro atoms. The molecular weight excluding hydrogens is 761 g/mol. The van der Waals surface area contributed by atoms with Gasteiger partial charge in [-0.25, -0.2) is 0 Å². The smallest absolute Gasteiger partial charge is 0.0192 e. The molecule has 0 aliphatic carbocycles. The van der Waals surface area contributed by atoms with Crippen molar-refractivity contribution in [1.82, 2.24) is 9.97 Å². The molecule has 0 bridgehead atoms. The van der Waals surface area contributed by atoms with Crippen molar-refractivity contribution >= 4 is 21.5 Å². The Labute approximate surface area is 299 Å². The van der Waals surface area contributed by atoms with Crippen molar-refractivity contribution in [2.75, 3.05) is 0 Å². The van der Waals surface area contributed by atoms with Gasteiger partial charge in [-0.05, 0) is 76.7 Å². The predicted molar refractivity (Wildman–Crippen MR) is 200 cm³/mol. The van der Waals surface area contributed by atoms with Crippen LogP contribution in [0.2, 0.25) is 0 Å². The van der Waals surface area contributed by atoms with Gasteiger partial charge in [-0.1, -0.05) is 117 Å². The van der Waals surface area contributed by atoms with Gasteiger partial charge in [-0.3, -0.25) is 0 Å². The van der Waals surface area contributed by atoms with E-state index in [-0.39, 0.29) is 25.5 Å². The van der Waals surface area contributed by atoms with E-state index in [0.29, 0.717) is 0 Å². The van der Waals surface area contributed by atoms with E-state index in [1.807, 2.05) is 18.5 Å². The fraction of sp³-hybridized carbons (Fsp3) is 0.200. The van der Waals surface area contributed by atoms with Crippen molar-refractivity contribution < 1.29 is 20.1 Å². The van der Waals surface area contributed by atoms with Gasteiger partial charge < -0.3 is 9.97 Å². The number of hydrogen-bond acceptors (Lipinski definition) is 2. The van der Waals surface area contributed by atoms with Crippen LogP contribution in [0.15, 0.2) is 116 Å². The van der Waals surface area contributed by atoms with Crippen LogP contribution in [0, 0.1) is 45.2 Å². The van der Waals surface area contributed by atoms with Crippen molar-refractivity contribution in [1.29, 1.82) is 0 Å². The van der Waals surface area contributed by atoms with E-state index in [4.69, 9.17) is 4.98 Å². The van der Waals surface area contributed by atoms with Crippen LogP contribution < -0.4 is 0 Å². The molecule has 7 rings (SSSR count). The summed E-state index contributed by atoms with van der Waals surface area (Å²) in [7, 11) is 0. The number of pyridine rings is 2. The van der Waals surface area contributed by atoms with Crippen LogP contribution in [-0.2, 0) is 26.5 Å². The largest absolute Gasteiger partial charge is 0.304 e. The third kappa shape index (κ3) is 7.98. The SMILES string of the molecule is Cc1c[c-]c(-c2cc(C)c(C)cn2)cc1.Cc1cnc(-c2[c-]cc(-c3cc4ccccc4c4ccccc34)cc2)cc1CC(C)(C)C.[Ir]. The van der Waals surface area contributed by atoms with Gasteiger partial charge in [-0.2, -0.15) is 0 Å². The molecule has 243 valence electrons. The molecule has 48 heavy (non-hydrogen) atoms. The topological polar surface area (TPSA) is 25.8 Å². The summed E-state index contributed by atoms with van der Waals surface area (Å²) < 4.78 is 0. The van der Waals surface area contributed by atoms with Crippen LogP contribution in [0.1, 0.15) is 48.6 Å². The molecule has 0 atom stereocenters. The van der Waals surface area contributed by atoms with Crippen LogP contribution in [0.4, 0.5) is 0 Å². The van der Waals surface area contributed by atoms with Gasteiger partial charge in [0, 0.05) is 32.5 Å². The van der Waals surface area contributed by atoms with Gasteiger partial charge in [0.1, 0.15) is 0 Å². The first-order chi connectivity index (χ1) is 22.6. The molecule has 0 saturated heterocycles. The van der Waals surface area contributed by atoms with Gasteiger partial charge in [0.2, 0.25) is 0 Å². The van der Waals surface area contributed by atoms with Gasteiger partial charge in [-0.15, -0.1) is 65.2 Å². The minimum atomic E-state index is 0. The van der Waals surface area contributed by atoms with Crippen LogP contribution in [0.5, 0.6) is 0 Å². The molecule has 7 aromatic rings. The molecule has 3 heteroatoms. The normalized spacial score (nSPS) is 11.1. The Bertz CT molecular complexity index is 2170. The first-order valence-electron chi connectivity index (χ1n) is 16.4. The van der Waals surface area contributed by atoms with Crippen molar-refractivity contribution in [2.45, 2.75) is 54.9 Å². The van der Waals surface area contributed by atoms with Crippen molar-refractivity contribution in [2.24, 2.45) is 5.41 Å². The molecule has 0 N–H and O–H groups in total. The second-order valence-electron chi connectivity index (χ2n) is 13.8. The number of aromatic nitrogens is 2. The van der Waals surface area contributed by atoms with E-state index < -0.39 is 0 Å². The average molecular weight is 803 g/mol. The van der Waals surface area contributed by atoms with Gasteiger partial charge in [0.25, 0.3) is 0 Å². The Morgan fingerprint density at radius 1 is 0.583 bits per heavy atom. The number of hydrogen-bond donors (Lipinski definition) is 0. The van der Waals surface area contributed by atoms with E-state index in [0.717, 1.165) is 28.9 Å². The quantitative estimate of drug-likeness (QED) is 0.131. The number of aryl methyl sites for hydroxylation is 4. The summed E-state index contributed by atoms with van der Waals surface area (Å²) in [5.74, 6) is 0. The summed E-state index contributed by atoms with van der Waals surface area (Å²) in [4.78, 5) is 9.11. The number of nitrogens with zero attached hydrogens (tertiary/aromatic N) is 2. The number of benzene rings is 5. The Morgan fingerprint density at radius 2 is 1.19 bits per heavy atom. The molecule has 2 heterocycles. The third-order valence-electron chi connectivity index (χ3n) is 8.72. The Hall–Kier alpha value is -4.43. The minimum absolute atomic E-state index is 0. The fourth-order valence-corrected chi connectivity index (χ4v) is 5.95. The van der Waals surface area contributed by atoms with Crippen molar-refractivity contribution in [3.8, 4) is 33.6 Å². The molecule has 5 aromatic carbocycles. The fourth-order valence-electron chi connectivity index (χ4n) is 5.95. The predicted octanol–water partition coefficient (Wildman–Crippen LogP) is 11.9. The summed E-state index contributed by atoms with van der Waals surface area (Å²) in [5.41, 5.74) is 13.1. The van der Waals surface area contributed by atoms with Crippen LogP contribution in [0.3, 0.4) is 0 Å². The van der Waals surface area contributed by atoms with Gasteiger partial charge in [0.15, 0.2) is 0 Å². The summed E-state index contributed by atoms with van der Waals surface area (Å²) in [5, 5.41) is 5.12. The molecule has 0 saturated carbocycles. The second kappa shape index (κ2) is 14.8. The Morgan fingerprint density at radius 3 is 1.81 bits per heavy atom. The molecule has 0 unspecified atom stereocenters. The van der Waals surface area contributed by atoms with Gasteiger partial charge >= 0.3 is 0 Å². The maximum atomic E-state index is 4.70. The maximum Gasteiger partial charge on any atom is 0.0192 e. The zero-order chi connectivity index (χ0) is 33.1. The maximum absolute atomic E-state index is 4.70. The molecule has 2 nitrogen and oxygen atoms in total. The first kappa shape index (κ1) is 34.9. The standard InChI is InChI=1S/C31H28N.C14H14N.Ir/c1-21-20-32-30(18-25(21)19-31(2,3)4)23-15-13-22(14-16-23)29-17-24-9-5-6-10-26(24)27-11-7-8-12-28(27)29;1-10-4-6-13(7-5-10)14-8-11(2)12(3)9-15-14;/h5-15,17-18,20H,19H2,1-4H3;4-6,8-9H,1-3H3;/q2*-1;. The van der Waals surface area contributed by atoms with Crippen LogP contribution in [-0.4, -0.2) is 9.97 Å². The first-order valence-corrected chi connectivity index (χ1v) is 16.4. The Kier molecular flexibility index (Phi) is 10.7. The zero-order valence-electron chi connectivity index (χ0n) is 28.9. The third-order valence-corrected chi connectivity index (χ3v) is 8.72. The van der Waals surface area contributed by atoms with E-state index in [2.05, 4.69) is 163 Å². The van der Waals surface area contributed by atoms with Crippen LogP contribution in [0.25, 0.3) is 55.2 Å². The Balaban J connectivity index is 0.000000237. The molecule has 0 aliphatic heterocycles. The summed E-state index contributed by atoms with van der Waals surface area (Å²) in [6, 6.07) is 43.3. The molecular formula is C45H42IrN2-2. The number of rotatable bonds is 4. The number of fused-ring (bicyclic) bond motifs is 3. The molecule has 0 aliphatic rings. The molecule has 1 radical (unpaired) electrons. The average Bonchev–Trinajstić information content (AvgIpc) is 3.07. The minimum Gasteiger partial charge on any atom is -0.304 e.